The molecule has 31 heavy (non-hydrogen) atoms. The number of ether oxygens (including phenoxy) is 1. The molecule has 0 unspecified atom stereocenters. The van der Waals surface area contributed by atoms with E-state index in [0.717, 1.165) is 16.5 Å². The quantitative estimate of drug-likeness (QED) is 0.478. The lowest BCUT2D eigenvalue weighted by Gasteiger charge is -2.25. The van der Waals surface area contributed by atoms with E-state index < -0.39 is 5.56 Å². The third-order valence-corrected chi connectivity index (χ3v) is 5.16. The van der Waals surface area contributed by atoms with Gasteiger partial charge in [0.2, 0.25) is 5.95 Å². The summed E-state index contributed by atoms with van der Waals surface area (Å²) in [6.45, 7) is 1.31. The van der Waals surface area contributed by atoms with Gasteiger partial charge in [0.15, 0.2) is 11.5 Å². The van der Waals surface area contributed by atoms with Gasteiger partial charge in [0.25, 0.3) is 5.56 Å². The first kappa shape index (κ1) is 17.7. The molecule has 1 fully saturated rings. The SMILES string of the molecule is O=c1nccccc1Nc1nc2ccccc2c2nc(-c3cnn(C4COC4)c3)nn12. The van der Waals surface area contributed by atoms with Crippen LogP contribution in [0, 0.1) is 0 Å². The highest BCUT2D eigenvalue weighted by molar-refractivity contribution is 5.93. The number of anilines is 2. The number of hydrogen-bond acceptors (Lipinski definition) is 8. The number of benzene rings is 1. The Morgan fingerprint density at radius 1 is 1.06 bits per heavy atom. The fraction of sp³-hybridized carbons (Fsp3) is 0.143. The smallest absolute Gasteiger partial charge is 0.293 e. The van der Waals surface area contributed by atoms with Crippen LogP contribution in [0.1, 0.15) is 6.04 Å². The van der Waals surface area contributed by atoms with E-state index in [9.17, 15) is 4.79 Å². The van der Waals surface area contributed by atoms with Gasteiger partial charge in [-0.15, -0.1) is 5.10 Å². The molecule has 0 atom stereocenters. The van der Waals surface area contributed by atoms with Crippen molar-refractivity contribution >= 4 is 28.2 Å². The highest BCUT2D eigenvalue weighted by atomic mass is 16.5. The molecule has 152 valence electrons. The summed E-state index contributed by atoms with van der Waals surface area (Å²) >= 11 is 0. The number of nitrogens with one attached hydrogen (secondary N) is 1. The zero-order valence-corrected chi connectivity index (χ0v) is 16.2. The Labute approximate surface area is 175 Å². The van der Waals surface area contributed by atoms with E-state index in [2.05, 4.69) is 25.5 Å². The number of aromatic nitrogens is 7. The van der Waals surface area contributed by atoms with Gasteiger partial charge in [0.05, 0.1) is 36.5 Å². The molecular weight excluding hydrogens is 396 g/mol. The van der Waals surface area contributed by atoms with Gasteiger partial charge < -0.3 is 10.1 Å². The van der Waals surface area contributed by atoms with Crippen LogP contribution in [0.3, 0.4) is 0 Å². The maximum absolute atomic E-state index is 12.3. The number of hydrogen-bond donors (Lipinski definition) is 1. The molecule has 0 spiro atoms. The van der Waals surface area contributed by atoms with Crippen molar-refractivity contribution in [3.63, 3.8) is 0 Å². The Hall–Kier alpha value is -4.18. The lowest BCUT2D eigenvalue weighted by atomic mass is 10.2. The first-order valence-corrected chi connectivity index (χ1v) is 9.76. The summed E-state index contributed by atoms with van der Waals surface area (Å²) in [5, 5.41) is 13.0. The maximum atomic E-state index is 12.3. The van der Waals surface area contributed by atoms with Crippen LogP contribution in [0.4, 0.5) is 11.6 Å². The Morgan fingerprint density at radius 2 is 1.94 bits per heavy atom. The van der Waals surface area contributed by atoms with Gasteiger partial charge in [-0.1, -0.05) is 18.2 Å². The number of nitrogens with zero attached hydrogens (tertiary/aromatic N) is 7. The molecule has 10 nitrogen and oxygen atoms in total. The standard InChI is InChI=1S/C21H16N8O2/c30-20-17(7-3-4-8-22-20)25-21-24-16-6-2-1-5-15(16)19-26-18(27-29(19)21)13-9-23-28(10-13)14-11-31-12-14/h1-10,14H,11-12H2,(H,22,24,25,30). The molecule has 10 heteroatoms. The lowest BCUT2D eigenvalue weighted by Crippen LogP contribution is -2.30. The Balaban J connectivity index is 1.52. The minimum atomic E-state index is -0.391. The summed E-state index contributed by atoms with van der Waals surface area (Å²) in [6, 6.07) is 13.0. The van der Waals surface area contributed by atoms with E-state index >= 15 is 0 Å². The normalized spacial score (nSPS) is 14.1. The second-order valence-electron chi connectivity index (χ2n) is 7.20. The van der Waals surface area contributed by atoms with E-state index in [-0.39, 0.29) is 6.04 Å². The molecule has 5 aromatic rings. The predicted octanol–water partition coefficient (Wildman–Crippen LogP) is 2.21. The van der Waals surface area contributed by atoms with E-state index in [1.54, 1.807) is 28.9 Å². The number of rotatable bonds is 4. The molecular formula is C21H16N8O2. The van der Waals surface area contributed by atoms with Crippen LogP contribution < -0.4 is 10.9 Å². The molecule has 1 aliphatic heterocycles. The fourth-order valence-corrected chi connectivity index (χ4v) is 3.46. The van der Waals surface area contributed by atoms with Crippen LogP contribution in [-0.4, -0.2) is 47.6 Å². The number of para-hydroxylation sites is 1. The van der Waals surface area contributed by atoms with Gasteiger partial charge in [-0.05, 0) is 24.3 Å². The van der Waals surface area contributed by atoms with Gasteiger partial charge in [-0.25, -0.2) is 15.0 Å². The molecule has 0 radical (unpaired) electrons. The van der Waals surface area contributed by atoms with Crippen LogP contribution in [0.25, 0.3) is 27.9 Å². The molecule has 1 aromatic carbocycles. The molecule has 0 bridgehead atoms. The zero-order valence-electron chi connectivity index (χ0n) is 16.2. The Kier molecular flexibility index (Phi) is 3.96. The molecule has 0 saturated carbocycles. The third-order valence-electron chi connectivity index (χ3n) is 5.16. The van der Waals surface area contributed by atoms with Crippen LogP contribution in [0.15, 0.2) is 65.8 Å². The van der Waals surface area contributed by atoms with E-state index in [4.69, 9.17) is 9.72 Å². The van der Waals surface area contributed by atoms with Crippen molar-refractivity contribution in [3.8, 4) is 11.4 Å². The zero-order chi connectivity index (χ0) is 20.8. The molecule has 0 aliphatic carbocycles. The Morgan fingerprint density at radius 3 is 2.81 bits per heavy atom. The van der Waals surface area contributed by atoms with Crippen LogP contribution in [-0.2, 0) is 4.74 Å². The first-order valence-electron chi connectivity index (χ1n) is 9.76. The van der Waals surface area contributed by atoms with Crippen molar-refractivity contribution in [1.29, 1.82) is 0 Å². The molecule has 0 amide bonds. The monoisotopic (exact) mass is 412 g/mol. The van der Waals surface area contributed by atoms with Gasteiger partial charge in [0.1, 0.15) is 5.69 Å². The molecule has 5 heterocycles. The fourth-order valence-electron chi connectivity index (χ4n) is 3.46. The van der Waals surface area contributed by atoms with Crippen molar-refractivity contribution < 1.29 is 4.74 Å². The topological polar surface area (TPSA) is 112 Å². The van der Waals surface area contributed by atoms with Crippen LogP contribution in [0.2, 0.25) is 0 Å². The molecule has 4 aromatic heterocycles. The summed E-state index contributed by atoms with van der Waals surface area (Å²) < 4.78 is 8.73. The van der Waals surface area contributed by atoms with Crippen molar-refractivity contribution in [2.75, 3.05) is 18.5 Å². The largest absolute Gasteiger partial charge is 0.377 e. The number of fused-ring (bicyclic) bond motifs is 3. The maximum Gasteiger partial charge on any atom is 0.293 e. The minimum Gasteiger partial charge on any atom is -0.377 e. The van der Waals surface area contributed by atoms with E-state index in [0.29, 0.717) is 36.3 Å². The van der Waals surface area contributed by atoms with Gasteiger partial charge in [-0.3, -0.25) is 9.48 Å². The van der Waals surface area contributed by atoms with Gasteiger partial charge in [0, 0.05) is 17.8 Å². The highest BCUT2D eigenvalue weighted by Gasteiger charge is 2.22. The molecule has 6 rings (SSSR count). The minimum absolute atomic E-state index is 0.243. The first-order chi connectivity index (χ1) is 15.3. The summed E-state index contributed by atoms with van der Waals surface area (Å²) in [6.07, 6.45) is 5.11. The van der Waals surface area contributed by atoms with Crippen molar-refractivity contribution in [3.05, 3.63) is 71.4 Å². The van der Waals surface area contributed by atoms with E-state index in [1.165, 1.54) is 6.20 Å². The summed E-state index contributed by atoms with van der Waals surface area (Å²) in [5.41, 5.74) is 2.06. The van der Waals surface area contributed by atoms with Crippen LogP contribution >= 0.6 is 0 Å². The second-order valence-corrected chi connectivity index (χ2v) is 7.20. The molecule has 1 saturated heterocycles. The summed E-state index contributed by atoms with van der Waals surface area (Å²) in [7, 11) is 0. The Bertz CT molecular complexity index is 1490. The molecule has 1 N–H and O–H groups in total. The van der Waals surface area contributed by atoms with Crippen molar-refractivity contribution in [1.82, 2.24) is 34.3 Å². The third kappa shape index (κ3) is 3.01. The van der Waals surface area contributed by atoms with Crippen molar-refractivity contribution in [2.45, 2.75) is 6.04 Å². The summed E-state index contributed by atoms with van der Waals surface area (Å²) in [5.74, 6) is 0.893. The van der Waals surface area contributed by atoms with E-state index in [1.807, 2.05) is 35.1 Å². The summed E-state index contributed by atoms with van der Waals surface area (Å²) in [4.78, 5) is 25.6. The van der Waals surface area contributed by atoms with Crippen molar-refractivity contribution in [2.24, 2.45) is 0 Å². The predicted molar refractivity (Wildman–Crippen MR) is 113 cm³/mol. The highest BCUT2D eigenvalue weighted by Crippen LogP contribution is 2.26. The molecule has 1 aliphatic rings. The van der Waals surface area contributed by atoms with Gasteiger partial charge >= 0.3 is 0 Å². The van der Waals surface area contributed by atoms with Crippen LogP contribution in [0.5, 0.6) is 0 Å². The second kappa shape index (κ2) is 6.96. The lowest BCUT2D eigenvalue weighted by molar-refractivity contribution is -0.0286. The van der Waals surface area contributed by atoms with Gasteiger partial charge in [-0.2, -0.15) is 9.61 Å². The average molecular weight is 412 g/mol. The average Bonchev–Trinajstić information content (AvgIpc) is 3.34.